The van der Waals surface area contributed by atoms with Crippen LogP contribution in [0.25, 0.3) is 0 Å². The minimum Gasteiger partial charge on any atom is -0.497 e. The van der Waals surface area contributed by atoms with Crippen LogP contribution in [-0.4, -0.2) is 23.9 Å². The van der Waals surface area contributed by atoms with Crippen molar-refractivity contribution < 1.29 is 14.3 Å². The molecule has 3 rings (SSSR count). The molecule has 2 amide bonds. The summed E-state index contributed by atoms with van der Waals surface area (Å²) in [6, 6.07) is 14.1. The van der Waals surface area contributed by atoms with Crippen LogP contribution in [0.3, 0.4) is 0 Å². The van der Waals surface area contributed by atoms with Crippen molar-refractivity contribution in [3.63, 3.8) is 0 Å². The summed E-state index contributed by atoms with van der Waals surface area (Å²) in [6.07, 6.45) is 0. The molecule has 124 valence electrons. The zero-order chi connectivity index (χ0) is 17.3. The molecule has 1 aliphatic heterocycles. The van der Waals surface area contributed by atoms with E-state index < -0.39 is 0 Å². The Kier molecular flexibility index (Phi) is 4.25. The number of carbonyl (C=O) groups excluding carboxylic acids is 2. The minimum atomic E-state index is -0.297. The molecule has 0 saturated heterocycles. The second-order valence-electron chi connectivity index (χ2n) is 6.12. The first-order chi connectivity index (χ1) is 11.5. The summed E-state index contributed by atoms with van der Waals surface area (Å²) in [4.78, 5) is 25.3. The summed E-state index contributed by atoms with van der Waals surface area (Å²) in [5.41, 5.74) is 4.76. The van der Waals surface area contributed by atoms with Crippen molar-refractivity contribution in [1.29, 1.82) is 0 Å². The molecule has 0 spiro atoms. The van der Waals surface area contributed by atoms with Gasteiger partial charge in [-0.05, 0) is 35.7 Å². The molecule has 0 aromatic heterocycles. The van der Waals surface area contributed by atoms with Gasteiger partial charge in [0, 0.05) is 5.56 Å². The van der Waals surface area contributed by atoms with E-state index in [4.69, 9.17) is 4.74 Å². The van der Waals surface area contributed by atoms with Crippen LogP contribution in [0.1, 0.15) is 46.2 Å². The van der Waals surface area contributed by atoms with Gasteiger partial charge in [0.2, 0.25) is 0 Å². The number of fused-ring (bicyclic) bond motifs is 1. The van der Waals surface area contributed by atoms with Crippen LogP contribution in [0.4, 0.5) is 0 Å². The van der Waals surface area contributed by atoms with Gasteiger partial charge < -0.3 is 4.74 Å². The normalized spacial score (nSPS) is 16.2. The quantitative estimate of drug-likeness (QED) is 0.939. The van der Waals surface area contributed by atoms with Gasteiger partial charge in [-0.15, -0.1) is 0 Å². The smallest absolute Gasteiger partial charge is 0.273 e. The summed E-state index contributed by atoms with van der Waals surface area (Å²) >= 11 is 0. The van der Waals surface area contributed by atoms with Gasteiger partial charge in [-0.2, -0.15) is 0 Å². The molecule has 1 aliphatic rings. The Morgan fingerprint density at radius 1 is 1.17 bits per heavy atom. The number of ether oxygens (including phenoxy) is 1. The number of benzene rings is 2. The molecule has 1 unspecified atom stereocenters. The Hall–Kier alpha value is -2.82. The third-order valence-corrected chi connectivity index (χ3v) is 4.20. The predicted molar refractivity (Wildman–Crippen MR) is 90.7 cm³/mol. The van der Waals surface area contributed by atoms with E-state index in [1.54, 1.807) is 37.4 Å². The Morgan fingerprint density at radius 2 is 1.88 bits per heavy atom. The zero-order valence-electron chi connectivity index (χ0n) is 13.9. The zero-order valence-corrected chi connectivity index (χ0v) is 13.9. The van der Waals surface area contributed by atoms with Crippen LogP contribution in [0.5, 0.6) is 5.75 Å². The predicted octanol–water partition coefficient (Wildman–Crippen LogP) is 3.19. The summed E-state index contributed by atoms with van der Waals surface area (Å²) in [7, 11) is 1.57. The van der Waals surface area contributed by atoms with Crippen molar-refractivity contribution in [2.45, 2.75) is 19.9 Å². The maximum Gasteiger partial charge on any atom is 0.273 e. The molecule has 0 saturated carbocycles. The molecule has 24 heavy (non-hydrogen) atoms. The molecule has 2 aromatic carbocycles. The van der Waals surface area contributed by atoms with Gasteiger partial charge in [0.15, 0.2) is 0 Å². The minimum absolute atomic E-state index is 0.152. The Bertz CT molecular complexity index is 771. The number of hydrazine groups is 1. The number of carbonyl (C=O) groups is 2. The molecule has 0 aliphatic carbocycles. The second kappa shape index (κ2) is 6.35. The third kappa shape index (κ3) is 2.73. The average Bonchev–Trinajstić information content (AvgIpc) is 2.87. The Morgan fingerprint density at radius 3 is 2.50 bits per heavy atom. The fourth-order valence-electron chi connectivity index (χ4n) is 3.04. The van der Waals surface area contributed by atoms with Crippen LogP contribution in [0.15, 0.2) is 48.5 Å². The largest absolute Gasteiger partial charge is 0.497 e. The number of hydrogen-bond acceptors (Lipinski definition) is 3. The first-order valence-electron chi connectivity index (χ1n) is 7.90. The van der Waals surface area contributed by atoms with Gasteiger partial charge in [0.05, 0.1) is 18.7 Å². The lowest BCUT2D eigenvalue weighted by Gasteiger charge is -2.28. The number of rotatable bonds is 4. The molecule has 5 heteroatoms. The van der Waals surface area contributed by atoms with E-state index in [1.807, 2.05) is 32.0 Å². The van der Waals surface area contributed by atoms with Gasteiger partial charge in [-0.25, -0.2) is 5.01 Å². The highest BCUT2D eigenvalue weighted by molar-refractivity contribution is 6.02. The van der Waals surface area contributed by atoms with Crippen molar-refractivity contribution in [2.24, 2.45) is 5.92 Å². The standard InChI is InChI=1S/C19H20N2O3/c1-12(2)17-15-10-9-14(24-3)11-16(15)19(23)21(17)20-18(22)13-7-5-4-6-8-13/h4-12,17H,1-3H3,(H,20,22). The highest BCUT2D eigenvalue weighted by Gasteiger charge is 2.39. The maximum absolute atomic E-state index is 12.8. The van der Waals surface area contributed by atoms with Crippen LogP contribution in [-0.2, 0) is 0 Å². The summed E-state index contributed by atoms with van der Waals surface area (Å²) < 4.78 is 5.21. The Labute approximate surface area is 141 Å². The molecule has 1 heterocycles. The summed E-state index contributed by atoms with van der Waals surface area (Å²) in [5, 5.41) is 1.43. The van der Waals surface area contributed by atoms with Gasteiger partial charge in [0.25, 0.3) is 11.8 Å². The van der Waals surface area contributed by atoms with Crippen molar-refractivity contribution in [2.75, 3.05) is 7.11 Å². The molecular formula is C19H20N2O3. The van der Waals surface area contributed by atoms with Crippen LogP contribution in [0, 0.1) is 5.92 Å². The van der Waals surface area contributed by atoms with Gasteiger partial charge in [-0.3, -0.25) is 15.0 Å². The van der Waals surface area contributed by atoms with E-state index in [2.05, 4.69) is 5.43 Å². The molecule has 0 fully saturated rings. The first-order valence-corrected chi connectivity index (χ1v) is 7.90. The first kappa shape index (κ1) is 16.1. The monoisotopic (exact) mass is 324 g/mol. The van der Waals surface area contributed by atoms with Crippen LogP contribution >= 0.6 is 0 Å². The van der Waals surface area contributed by atoms with Gasteiger partial charge in [-0.1, -0.05) is 38.1 Å². The number of nitrogens with zero attached hydrogens (tertiary/aromatic N) is 1. The Balaban J connectivity index is 1.93. The van der Waals surface area contributed by atoms with Gasteiger partial charge in [0.1, 0.15) is 5.75 Å². The number of hydrogen-bond donors (Lipinski definition) is 1. The topological polar surface area (TPSA) is 58.6 Å². The molecule has 5 nitrogen and oxygen atoms in total. The molecule has 1 atom stereocenters. The molecule has 0 radical (unpaired) electrons. The molecule has 1 N–H and O–H groups in total. The maximum atomic E-state index is 12.8. The number of amides is 2. The van der Waals surface area contributed by atoms with E-state index in [0.717, 1.165) is 5.56 Å². The molecule has 2 aromatic rings. The van der Waals surface area contributed by atoms with E-state index in [9.17, 15) is 9.59 Å². The van der Waals surface area contributed by atoms with E-state index in [1.165, 1.54) is 5.01 Å². The highest BCUT2D eigenvalue weighted by Crippen LogP contribution is 2.38. The van der Waals surface area contributed by atoms with Gasteiger partial charge >= 0.3 is 0 Å². The summed E-state index contributed by atoms with van der Waals surface area (Å²) in [5.74, 6) is 0.266. The van der Waals surface area contributed by atoms with Crippen molar-refractivity contribution in [3.8, 4) is 5.75 Å². The van der Waals surface area contributed by atoms with Crippen molar-refractivity contribution >= 4 is 11.8 Å². The number of methoxy groups -OCH3 is 1. The van der Waals surface area contributed by atoms with Crippen LogP contribution in [0.2, 0.25) is 0 Å². The van der Waals surface area contributed by atoms with Crippen molar-refractivity contribution in [1.82, 2.24) is 10.4 Å². The number of nitrogens with one attached hydrogen (secondary N) is 1. The lowest BCUT2D eigenvalue weighted by atomic mass is 9.96. The van der Waals surface area contributed by atoms with Crippen molar-refractivity contribution in [3.05, 3.63) is 65.2 Å². The second-order valence-corrected chi connectivity index (χ2v) is 6.12. The molecule has 0 bridgehead atoms. The van der Waals surface area contributed by atoms with Crippen LogP contribution < -0.4 is 10.2 Å². The lowest BCUT2D eigenvalue weighted by molar-refractivity contribution is 0.0474. The van der Waals surface area contributed by atoms with E-state index in [-0.39, 0.29) is 23.8 Å². The average molecular weight is 324 g/mol. The lowest BCUT2D eigenvalue weighted by Crippen LogP contribution is -2.45. The third-order valence-electron chi connectivity index (χ3n) is 4.20. The fraction of sp³-hybridized carbons (Fsp3) is 0.263. The summed E-state index contributed by atoms with van der Waals surface area (Å²) in [6.45, 7) is 4.05. The highest BCUT2D eigenvalue weighted by atomic mass is 16.5. The van der Waals surface area contributed by atoms with E-state index in [0.29, 0.717) is 16.9 Å². The van der Waals surface area contributed by atoms with E-state index >= 15 is 0 Å². The SMILES string of the molecule is COc1ccc2c(c1)C(=O)N(NC(=O)c1ccccc1)C2C(C)C. The molecular weight excluding hydrogens is 304 g/mol. The fourth-order valence-corrected chi connectivity index (χ4v) is 3.04.